The number of para-hydroxylation sites is 2. The molecule has 1 aliphatic heterocycles. The molecule has 0 unspecified atom stereocenters. The first-order valence-electron chi connectivity index (χ1n) is 9.03. The van der Waals surface area contributed by atoms with Gasteiger partial charge in [0.25, 0.3) is 11.1 Å². The topological polar surface area (TPSA) is 59.8 Å². The van der Waals surface area contributed by atoms with E-state index < -0.39 is 11.1 Å². The fourth-order valence-corrected chi connectivity index (χ4v) is 4.42. The van der Waals surface area contributed by atoms with E-state index in [4.69, 9.17) is 32.4 Å². The number of carbonyl (C=O) groups excluding carboxylic acids is 2. The lowest BCUT2D eigenvalue weighted by Gasteiger charge is -2.16. The van der Waals surface area contributed by atoms with Crippen LogP contribution in [-0.2, 0) is 4.79 Å². The summed E-state index contributed by atoms with van der Waals surface area (Å²) in [7, 11) is 0. The summed E-state index contributed by atoms with van der Waals surface area (Å²) in [6.45, 7) is 2.26. The van der Waals surface area contributed by atoms with Crippen molar-refractivity contribution in [1.29, 1.82) is 0 Å². The largest absolute Gasteiger partial charge is 0.492 e. The fourth-order valence-electron chi connectivity index (χ4n) is 3.02. The Morgan fingerprint density at radius 2 is 1.77 bits per heavy atom. The maximum absolute atomic E-state index is 12.9. The average molecular weight is 460 g/mol. The van der Waals surface area contributed by atoms with Crippen LogP contribution in [0.4, 0.5) is 10.5 Å². The highest BCUT2D eigenvalue weighted by Gasteiger charge is 2.38. The second kappa shape index (κ2) is 8.60. The Morgan fingerprint density at radius 1 is 1.03 bits per heavy atom. The summed E-state index contributed by atoms with van der Waals surface area (Å²) in [6, 6.07) is 15.5. The Hall–Kier alpha value is -2.67. The van der Waals surface area contributed by atoms with E-state index in [1.54, 1.807) is 54.6 Å². The van der Waals surface area contributed by atoms with Gasteiger partial charge in [-0.05, 0) is 55.1 Å². The number of benzene rings is 2. The first-order chi connectivity index (χ1) is 14.5. The van der Waals surface area contributed by atoms with Crippen molar-refractivity contribution in [3.63, 3.8) is 0 Å². The quantitative estimate of drug-likeness (QED) is 0.388. The van der Waals surface area contributed by atoms with Crippen LogP contribution in [0.1, 0.15) is 12.7 Å². The number of imide groups is 1. The Kier molecular flexibility index (Phi) is 5.90. The molecule has 1 aromatic heterocycles. The molecule has 0 saturated carbocycles. The van der Waals surface area contributed by atoms with Crippen molar-refractivity contribution in [3.8, 4) is 17.1 Å². The van der Waals surface area contributed by atoms with Crippen LogP contribution < -0.4 is 9.64 Å². The molecule has 0 aliphatic carbocycles. The summed E-state index contributed by atoms with van der Waals surface area (Å²) < 4.78 is 11.4. The van der Waals surface area contributed by atoms with Gasteiger partial charge < -0.3 is 9.15 Å². The predicted molar refractivity (Wildman–Crippen MR) is 120 cm³/mol. The first-order valence-corrected chi connectivity index (χ1v) is 10.6. The molecule has 1 fully saturated rings. The van der Waals surface area contributed by atoms with Gasteiger partial charge in [-0.25, -0.2) is 4.90 Å². The van der Waals surface area contributed by atoms with Gasteiger partial charge in [0.1, 0.15) is 17.3 Å². The van der Waals surface area contributed by atoms with Gasteiger partial charge in [0.15, 0.2) is 0 Å². The minimum Gasteiger partial charge on any atom is -0.492 e. The molecule has 152 valence electrons. The van der Waals surface area contributed by atoms with E-state index >= 15 is 0 Å². The Balaban J connectivity index is 1.65. The van der Waals surface area contributed by atoms with Crippen LogP contribution in [-0.4, -0.2) is 17.8 Å². The molecular weight excluding hydrogens is 445 g/mol. The molecule has 0 atom stereocenters. The molecule has 30 heavy (non-hydrogen) atoms. The SMILES string of the molecule is CCOc1ccccc1N1C(=O)S/C(=C/c2ccc(-c3c(Cl)cccc3Cl)o2)C1=O. The van der Waals surface area contributed by atoms with Crippen molar-refractivity contribution in [2.24, 2.45) is 0 Å². The van der Waals surface area contributed by atoms with Gasteiger partial charge in [0.05, 0.1) is 32.8 Å². The zero-order chi connectivity index (χ0) is 21.3. The molecule has 0 bridgehead atoms. The van der Waals surface area contributed by atoms with Crippen molar-refractivity contribution in [2.45, 2.75) is 6.92 Å². The normalized spacial score (nSPS) is 15.3. The lowest BCUT2D eigenvalue weighted by Crippen LogP contribution is -2.28. The van der Waals surface area contributed by atoms with Crippen molar-refractivity contribution in [1.82, 2.24) is 0 Å². The molecule has 2 amide bonds. The number of nitrogens with zero attached hydrogens (tertiary/aromatic N) is 1. The molecule has 0 spiro atoms. The molecule has 2 aromatic carbocycles. The second-order valence-corrected chi connectivity index (χ2v) is 8.02. The van der Waals surface area contributed by atoms with E-state index in [-0.39, 0.29) is 4.91 Å². The monoisotopic (exact) mass is 459 g/mol. The average Bonchev–Trinajstić information content (AvgIpc) is 3.27. The van der Waals surface area contributed by atoms with Gasteiger partial charge in [0, 0.05) is 6.08 Å². The second-order valence-electron chi connectivity index (χ2n) is 6.22. The number of anilines is 1. The Morgan fingerprint density at radius 3 is 2.50 bits per heavy atom. The van der Waals surface area contributed by atoms with Crippen LogP contribution in [0.2, 0.25) is 10.0 Å². The highest BCUT2D eigenvalue weighted by molar-refractivity contribution is 8.19. The van der Waals surface area contributed by atoms with Gasteiger partial charge in [-0.3, -0.25) is 9.59 Å². The molecule has 5 nitrogen and oxygen atoms in total. The van der Waals surface area contributed by atoms with Gasteiger partial charge in [-0.2, -0.15) is 0 Å². The number of furan rings is 1. The maximum Gasteiger partial charge on any atom is 0.298 e. The van der Waals surface area contributed by atoms with Crippen LogP contribution in [0, 0.1) is 0 Å². The van der Waals surface area contributed by atoms with Crippen LogP contribution in [0.15, 0.2) is 63.9 Å². The van der Waals surface area contributed by atoms with E-state index in [0.29, 0.717) is 45.2 Å². The predicted octanol–water partition coefficient (Wildman–Crippen LogP) is 6.89. The molecule has 1 aliphatic rings. The minimum atomic E-state index is -0.439. The van der Waals surface area contributed by atoms with Crippen LogP contribution >= 0.6 is 35.0 Å². The minimum absolute atomic E-state index is 0.248. The molecular formula is C22H15Cl2NO4S. The van der Waals surface area contributed by atoms with Crippen molar-refractivity contribution in [3.05, 3.63) is 75.3 Å². The van der Waals surface area contributed by atoms with Gasteiger partial charge >= 0.3 is 0 Å². The summed E-state index contributed by atoms with van der Waals surface area (Å²) in [6.07, 6.45) is 1.53. The van der Waals surface area contributed by atoms with Crippen molar-refractivity contribution < 1.29 is 18.7 Å². The third kappa shape index (κ3) is 3.86. The summed E-state index contributed by atoms with van der Waals surface area (Å²) >= 11 is 13.3. The number of halogens is 2. The third-order valence-corrected chi connectivity index (χ3v) is 5.81. The number of ether oxygens (including phenoxy) is 1. The maximum atomic E-state index is 12.9. The lowest BCUT2D eigenvalue weighted by atomic mass is 10.2. The standard InChI is InChI=1S/C22H15Cl2NO4S/c1-2-28-17-9-4-3-8-16(17)25-21(26)19(30-22(25)27)12-13-10-11-18(29-13)20-14(23)6-5-7-15(20)24/h3-12H,2H2,1H3/b19-12+. The molecule has 3 aromatic rings. The third-order valence-electron chi connectivity index (χ3n) is 4.31. The van der Waals surface area contributed by atoms with E-state index in [9.17, 15) is 9.59 Å². The van der Waals surface area contributed by atoms with E-state index in [1.807, 2.05) is 6.92 Å². The number of hydrogen-bond acceptors (Lipinski definition) is 5. The fraction of sp³-hybridized carbons (Fsp3) is 0.0909. The summed E-state index contributed by atoms with van der Waals surface area (Å²) in [5.74, 6) is 0.908. The molecule has 0 radical (unpaired) electrons. The zero-order valence-electron chi connectivity index (χ0n) is 15.7. The van der Waals surface area contributed by atoms with Gasteiger partial charge in [-0.1, -0.05) is 41.4 Å². The lowest BCUT2D eigenvalue weighted by molar-refractivity contribution is -0.113. The Labute approximate surface area is 187 Å². The molecule has 1 saturated heterocycles. The first kappa shape index (κ1) is 20.6. The van der Waals surface area contributed by atoms with E-state index in [1.165, 1.54) is 6.08 Å². The number of carbonyl (C=O) groups is 2. The number of hydrogen-bond donors (Lipinski definition) is 0. The molecule has 2 heterocycles. The molecule has 4 rings (SSSR count). The molecule has 8 heteroatoms. The number of rotatable bonds is 5. The smallest absolute Gasteiger partial charge is 0.298 e. The number of amides is 2. The van der Waals surface area contributed by atoms with E-state index in [0.717, 1.165) is 16.7 Å². The van der Waals surface area contributed by atoms with Crippen LogP contribution in [0.3, 0.4) is 0 Å². The number of thioether (sulfide) groups is 1. The molecule has 0 N–H and O–H groups in total. The summed E-state index contributed by atoms with van der Waals surface area (Å²) in [5.41, 5.74) is 0.979. The Bertz CT molecular complexity index is 1150. The summed E-state index contributed by atoms with van der Waals surface area (Å²) in [4.78, 5) is 26.9. The van der Waals surface area contributed by atoms with E-state index in [2.05, 4.69) is 0 Å². The van der Waals surface area contributed by atoms with Crippen molar-refractivity contribution >= 4 is 57.9 Å². The van der Waals surface area contributed by atoms with Gasteiger partial charge in [0.2, 0.25) is 0 Å². The van der Waals surface area contributed by atoms with Crippen LogP contribution in [0.5, 0.6) is 5.75 Å². The highest BCUT2D eigenvalue weighted by atomic mass is 35.5. The van der Waals surface area contributed by atoms with Crippen LogP contribution in [0.25, 0.3) is 17.4 Å². The summed E-state index contributed by atoms with van der Waals surface area (Å²) in [5, 5.41) is 0.506. The zero-order valence-corrected chi connectivity index (χ0v) is 18.1. The van der Waals surface area contributed by atoms with Gasteiger partial charge in [-0.15, -0.1) is 0 Å². The highest BCUT2D eigenvalue weighted by Crippen LogP contribution is 2.40. The van der Waals surface area contributed by atoms with Crippen molar-refractivity contribution in [2.75, 3.05) is 11.5 Å².